The first-order valence-corrected chi connectivity index (χ1v) is 11.2. The lowest BCUT2D eigenvalue weighted by molar-refractivity contribution is -0.139. The summed E-state index contributed by atoms with van der Waals surface area (Å²) in [7, 11) is -3.76. The maximum Gasteiger partial charge on any atom is 0.309 e. The van der Waals surface area contributed by atoms with Crippen LogP contribution in [0.4, 0.5) is 0 Å². The van der Waals surface area contributed by atoms with Gasteiger partial charge in [0.1, 0.15) is 5.25 Å². The minimum atomic E-state index is -3.76. The minimum absolute atomic E-state index is 0.154. The lowest BCUT2D eigenvalue weighted by Crippen LogP contribution is -2.42. The molecule has 1 aromatic heterocycles. The average molecular weight is 421 g/mol. The van der Waals surface area contributed by atoms with E-state index in [2.05, 4.69) is 17.2 Å². The number of rotatable bonds is 8. The van der Waals surface area contributed by atoms with Crippen molar-refractivity contribution in [3.05, 3.63) is 64.9 Å². The summed E-state index contributed by atoms with van der Waals surface area (Å²) in [4.78, 5) is 24.4. The van der Waals surface area contributed by atoms with Gasteiger partial charge in [-0.3, -0.25) is 9.59 Å². The van der Waals surface area contributed by atoms with Crippen LogP contribution in [0.2, 0.25) is 0 Å². The highest BCUT2D eigenvalue weighted by molar-refractivity contribution is 7.91. The predicted molar refractivity (Wildman–Crippen MR) is 111 cm³/mol. The van der Waals surface area contributed by atoms with Gasteiger partial charge in [-0.25, -0.2) is 8.42 Å². The number of sulfone groups is 1. The van der Waals surface area contributed by atoms with Gasteiger partial charge in [0.2, 0.25) is 0 Å². The Morgan fingerprint density at radius 3 is 2.29 bits per heavy atom. The average Bonchev–Trinajstić information content (AvgIpc) is 3.20. The van der Waals surface area contributed by atoms with Gasteiger partial charge in [0.25, 0.3) is 0 Å². The number of nitrogens with one attached hydrogen (secondary N) is 2. The third kappa shape index (κ3) is 5.30. The van der Waals surface area contributed by atoms with E-state index in [4.69, 9.17) is 0 Å². The highest BCUT2D eigenvalue weighted by atomic mass is 32.2. The van der Waals surface area contributed by atoms with E-state index >= 15 is 0 Å². The second-order valence-corrected chi connectivity index (χ2v) is 9.59. The van der Waals surface area contributed by atoms with Crippen molar-refractivity contribution in [2.45, 2.75) is 29.9 Å². The molecule has 2 amide bonds. The van der Waals surface area contributed by atoms with E-state index in [-0.39, 0.29) is 18.0 Å². The zero-order valence-electron chi connectivity index (χ0n) is 15.8. The van der Waals surface area contributed by atoms with Gasteiger partial charge in [-0.1, -0.05) is 38.1 Å². The van der Waals surface area contributed by atoms with Gasteiger partial charge >= 0.3 is 11.8 Å². The largest absolute Gasteiger partial charge is 0.346 e. The molecule has 0 fully saturated rings. The first-order chi connectivity index (χ1) is 13.3. The maximum absolute atomic E-state index is 13.2. The quantitative estimate of drug-likeness (QED) is 0.507. The summed E-state index contributed by atoms with van der Waals surface area (Å²) < 4.78 is 26.4. The molecule has 1 aromatic carbocycles. The van der Waals surface area contributed by atoms with Crippen molar-refractivity contribution in [3.63, 3.8) is 0 Å². The van der Waals surface area contributed by atoms with Crippen LogP contribution in [0.5, 0.6) is 0 Å². The first-order valence-electron chi connectivity index (χ1n) is 8.81. The molecule has 1 atom stereocenters. The van der Waals surface area contributed by atoms with Crippen molar-refractivity contribution >= 4 is 33.0 Å². The monoisotopic (exact) mass is 420 g/mol. The van der Waals surface area contributed by atoms with Crippen molar-refractivity contribution in [2.75, 3.05) is 13.1 Å². The number of carbonyl (C=O) groups is 2. The number of hydrogen-bond donors (Lipinski definition) is 2. The lowest BCUT2D eigenvalue weighted by Gasteiger charge is -2.18. The highest BCUT2D eigenvalue weighted by Crippen LogP contribution is 2.32. The normalized spacial score (nSPS) is 12.4. The molecule has 28 heavy (non-hydrogen) atoms. The molecule has 150 valence electrons. The lowest BCUT2D eigenvalue weighted by atomic mass is 10.0. The van der Waals surface area contributed by atoms with Crippen LogP contribution in [0, 0.1) is 0 Å². The van der Waals surface area contributed by atoms with Crippen LogP contribution < -0.4 is 10.6 Å². The van der Waals surface area contributed by atoms with E-state index < -0.39 is 26.9 Å². The van der Waals surface area contributed by atoms with Crippen LogP contribution >= 0.6 is 11.3 Å². The van der Waals surface area contributed by atoms with Crippen LogP contribution in [0.25, 0.3) is 0 Å². The van der Waals surface area contributed by atoms with E-state index in [9.17, 15) is 18.0 Å². The van der Waals surface area contributed by atoms with E-state index in [1.807, 2.05) is 13.8 Å². The molecule has 0 aliphatic rings. The fraction of sp³-hybridized carbons (Fsp3) is 0.300. The Labute approximate surface area is 169 Å². The highest BCUT2D eigenvalue weighted by Gasteiger charge is 2.31. The molecule has 0 saturated heterocycles. The molecule has 6 nitrogen and oxygen atoms in total. The summed E-state index contributed by atoms with van der Waals surface area (Å²) in [6.07, 6.45) is 1.45. The van der Waals surface area contributed by atoms with Gasteiger partial charge < -0.3 is 10.6 Å². The van der Waals surface area contributed by atoms with Gasteiger partial charge in [-0.2, -0.15) is 0 Å². The Morgan fingerprint density at radius 2 is 1.75 bits per heavy atom. The van der Waals surface area contributed by atoms with Gasteiger partial charge in [0.15, 0.2) is 9.84 Å². The third-order valence-electron chi connectivity index (χ3n) is 4.17. The van der Waals surface area contributed by atoms with E-state index in [0.29, 0.717) is 10.8 Å². The van der Waals surface area contributed by atoms with E-state index in [0.717, 1.165) is 5.56 Å². The molecule has 1 heterocycles. The van der Waals surface area contributed by atoms with Crippen LogP contribution in [0.3, 0.4) is 0 Å². The smallest absolute Gasteiger partial charge is 0.309 e. The summed E-state index contributed by atoms with van der Waals surface area (Å²) >= 11 is 1.29. The number of amides is 2. The first kappa shape index (κ1) is 21.8. The van der Waals surface area contributed by atoms with Crippen LogP contribution in [0.1, 0.15) is 35.5 Å². The van der Waals surface area contributed by atoms with Crippen LogP contribution in [-0.4, -0.2) is 33.3 Å². The molecule has 0 aliphatic carbocycles. The summed E-state index contributed by atoms with van der Waals surface area (Å²) in [5, 5.41) is 5.59. The summed E-state index contributed by atoms with van der Waals surface area (Å²) in [6, 6.07) is 10.2. The molecule has 0 bridgehead atoms. The number of hydrogen-bond acceptors (Lipinski definition) is 5. The minimum Gasteiger partial charge on any atom is -0.346 e. The molecule has 0 radical (unpaired) electrons. The maximum atomic E-state index is 13.2. The molecule has 2 rings (SSSR count). The number of thiophene rings is 1. The Bertz CT molecular complexity index is 918. The van der Waals surface area contributed by atoms with Crippen molar-refractivity contribution in [2.24, 2.45) is 0 Å². The van der Waals surface area contributed by atoms with Crippen molar-refractivity contribution in [3.8, 4) is 0 Å². The van der Waals surface area contributed by atoms with Crippen LogP contribution in [-0.2, 0) is 19.4 Å². The zero-order valence-corrected chi connectivity index (χ0v) is 17.5. The third-order valence-corrected chi connectivity index (χ3v) is 7.41. The molecule has 0 saturated carbocycles. The summed E-state index contributed by atoms with van der Waals surface area (Å²) in [6.45, 7) is 7.48. The van der Waals surface area contributed by atoms with Crippen molar-refractivity contribution in [1.82, 2.24) is 10.6 Å². The molecular formula is C20H24N2O4S2. The predicted octanol–water partition coefficient (Wildman–Crippen LogP) is 2.80. The van der Waals surface area contributed by atoms with Gasteiger partial charge in [-0.15, -0.1) is 17.9 Å². The molecule has 2 N–H and O–H groups in total. The molecule has 8 heteroatoms. The van der Waals surface area contributed by atoms with E-state index in [1.165, 1.54) is 17.4 Å². The van der Waals surface area contributed by atoms with Crippen molar-refractivity contribution in [1.29, 1.82) is 0 Å². The fourth-order valence-electron chi connectivity index (χ4n) is 2.56. The Morgan fingerprint density at radius 1 is 1.11 bits per heavy atom. The number of carbonyl (C=O) groups excluding carboxylic acids is 2. The SMILES string of the molecule is C=CCNC(=O)C(=O)NC[C@@H](c1cccs1)S(=O)(=O)c1ccc(C(C)C)cc1. The van der Waals surface area contributed by atoms with Crippen molar-refractivity contribution < 1.29 is 18.0 Å². The summed E-state index contributed by atoms with van der Waals surface area (Å²) in [5.41, 5.74) is 1.04. The molecule has 0 unspecified atom stereocenters. The molecule has 0 aliphatic heterocycles. The second kappa shape index (κ2) is 9.66. The van der Waals surface area contributed by atoms with Gasteiger partial charge in [0, 0.05) is 18.0 Å². The molecule has 0 spiro atoms. The molecular weight excluding hydrogens is 396 g/mol. The Balaban J connectivity index is 2.24. The summed E-state index contributed by atoms with van der Waals surface area (Å²) in [5.74, 6) is -1.42. The van der Waals surface area contributed by atoms with Gasteiger partial charge in [0.05, 0.1) is 4.90 Å². The Kier molecular flexibility index (Phi) is 7.53. The standard InChI is InChI=1S/C20H24N2O4S2/c1-4-11-21-19(23)20(24)22-13-18(17-6-5-12-27-17)28(25,26)16-9-7-15(8-10-16)14(2)3/h4-10,12,14,18H,1,11,13H2,2-3H3,(H,21,23)(H,22,24)/t18-/m0/s1. The fourth-order valence-corrected chi connectivity index (χ4v) is 5.34. The van der Waals surface area contributed by atoms with E-state index in [1.54, 1.807) is 41.8 Å². The van der Waals surface area contributed by atoms with Gasteiger partial charge in [-0.05, 0) is 35.1 Å². The number of benzene rings is 1. The topological polar surface area (TPSA) is 92.3 Å². The molecule has 2 aromatic rings. The Hall–Kier alpha value is -2.45. The zero-order chi connectivity index (χ0) is 20.7. The second-order valence-electron chi connectivity index (χ2n) is 6.48. The van der Waals surface area contributed by atoms with Crippen LogP contribution in [0.15, 0.2) is 59.3 Å².